The highest BCUT2D eigenvalue weighted by Crippen LogP contribution is 2.27. The Morgan fingerprint density at radius 2 is 2.16 bits per heavy atom. The van der Waals surface area contributed by atoms with Crippen molar-refractivity contribution in [3.05, 3.63) is 47.0 Å². The number of hydrogen-bond donors (Lipinski definition) is 3. The van der Waals surface area contributed by atoms with Gasteiger partial charge in [-0.05, 0) is 31.0 Å². The Labute approximate surface area is 144 Å². The molecule has 0 spiro atoms. The second-order valence-electron chi connectivity index (χ2n) is 6.04. The molecule has 1 aromatic carbocycles. The van der Waals surface area contributed by atoms with E-state index in [4.69, 9.17) is 4.74 Å². The molecule has 1 amide bonds. The molecule has 1 aliphatic rings. The average Bonchev–Trinajstić information content (AvgIpc) is 3.21. The predicted octanol–water partition coefficient (Wildman–Crippen LogP) is 1.58. The standard InChI is InChI=1S/C17H18N6O2/c1-9-19-16(23-22-9)15-20-13-7-11(8-18-17(24)14(13)21-15)10-4-3-5-12(6-10)25-2/h3-6,11H,7-8H2,1-2H3,(H,18,24)(H,20,21)(H,19,22,23)/t11-/m0/s1. The van der Waals surface area contributed by atoms with E-state index in [0.29, 0.717) is 36.1 Å². The van der Waals surface area contributed by atoms with Gasteiger partial charge in [-0.2, -0.15) is 5.10 Å². The van der Waals surface area contributed by atoms with Gasteiger partial charge in [0, 0.05) is 18.2 Å². The summed E-state index contributed by atoms with van der Waals surface area (Å²) in [4.78, 5) is 24.3. The maximum absolute atomic E-state index is 12.4. The molecule has 2 aromatic heterocycles. The minimum atomic E-state index is -0.185. The fourth-order valence-corrected chi connectivity index (χ4v) is 3.05. The Balaban J connectivity index is 1.68. The van der Waals surface area contributed by atoms with Crippen molar-refractivity contribution in [1.82, 2.24) is 30.5 Å². The monoisotopic (exact) mass is 338 g/mol. The van der Waals surface area contributed by atoms with E-state index < -0.39 is 0 Å². The minimum Gasteiger partial charge on any atom is -0.497 e. The second kappa shape index (κ2) is 6.04. The van der Waals surface area contributed by atoms with Crippen LogP contribution in [0.25, 0.3) is 11.6 Å². The van der Waals surface area contributed by atoms with Crippen LogP contribution in [0.15, 0.2) is 24.3 Å². The van der Waals surface area contributed by atoms with Crippen LogP contribution in [0.1, 0.15) is 33.5 Å². The van der Waals surface area contributed by atoms with Crippen LogP contribution in [0.3, 0.4) is 0 Å². The Bertz CT molecular complexity index is 929. The molecule has 25 heavy (non-hydrogen) atoms. The summed E-state index contributed by atoms with van der Waals surface area (Å²) in [5, 5.41) is 9.83. The number of H-pyrrole nitrogens is 2. The first-order valence-corrected chi connectivity index (χ1v) is 8.04. The number of carbonyl (C=O) groups excluding carboxylic acids is 1. The molecule has 0 unspecified atom stereocenters. The highest BCUT2D eigenvalue weighted by Gasteiger charge is 2.27. The minimum absolute atomic E-state index is 0.127. The zero-order valence-electron chi connectivity index (χ0n) is 14.0. The van der Waals surface area contributed by atoms with Crippen LogP contribution in [0.5, 0.6) is 5.75 Å². The summed E-state index contributed by atoms with van der Waals surface area (Å²) in [5.41, 5.74) is 2.31. The van der Waals surface area contributed by atoms with E-state index in [2.05, 4.69) is 30.5 Å². The molecular weight excluding hydrogens is 320 g/mol. The number of aromatic nitrogens is 5. The van der Waals surface area contributed by atoms with Crippen molar-refractivity contribution >= 4 is 5.91 Å². The van der Waals surface area contributed by atoms with E-state index in [0.717, 1.165) is 17.0 Å². The number of methoxy groups -OCH3 is 1. The van der Waals surface area contributed by atoms with Gasteiger partial charge in [0.05, 0.1) is 7.11 Å². The topological polar surface area (TPSA) is 109 Å². The fraction of sp³-hybridized carbons (Fsp3) is 0.294. The first-order chi connectivity index (χ1) is 12.1. The molecule has 1 atom stereocenters. The highest BCUT2D eigenvalue weighted by molar-refractivity contribution is 5.94. The molecule has 3 N–H and O–H groups in total. The largest absolute Gasteiger partial charge is 0.497 e. The molecule has 0 bridgehead atoms. The van der Waals surface area contributed by atoms with Gasteiger partial charge in [0.1, 0.15) is 17.3 Å². The Morgan fingerprint density at radius 3 is 2.92 bits per heavy atom. The summed E-state index contributed by atoms with van der Waals surface area (Å²) in [5.74, 6) is 2.39. The summed E-state index contributed by atoms with van der Waals surface area (Å²) < 4.78 is 5.30. The number of hydrogen-bond acceptors (Lipinski definition) is 5. The predicted molar refractivity (Wildman–Crippen MR) is 90.5 cm³/mol. The molecule has 4 rings (SSSR count). The lowest BCUT2D eigenvalue weighted by molar-refractivity contribution is 0.0950. The van der Waals surface area contributed by atoms with Crippen molar-refractivity contribution in [2.75, 3.05) is 13.7 Å². The number of rotatable bonds is 3. The average molecular weight is 338 g/mol. The first kappa shape index (κ1) is 15.4. The van der Waals surface area contributed by atoms with Gasteiger partial charge < -0.3 is 15.0 Å². The van der Waals surface area contributed by atoms with E-state index in [-0.39, 0.29) is 11.8 Å². The second-order valence-corrected chi connectivity index (χ2v) is 6.04. The molecule has 3 aromatic rings. The van der Waals surface area contributed by atoms with Gasteiger partial charge in [0.25, 0.3) is 5.91 Å². The van der Waals surface area contributed by atoms with E-state index in [1.165, 1.54) is 0 Å². The maximum atomic E-state index is 12.4. The van der Waals surface area contributed by atoms with Gasteiger partial charge >= 0.3 is 0 Å². The third kappa shape index (κ3) is 2.86. The maximum Gasteiger partial charge on any atom is 0.271 e. The number of fused-ring (bicyclic) bond motifs is 1. The van der Waals surface area contributed by atoms with Gasteiger partial charge in [-0.25, -0.2) is 9.97 Å². The van der Waals surface area contributed by atoms with E-state index in [1.54, 1.807) is 7.11 Å². The summed E-state index contributed by atoms with van der Waals surface area (Å²) in [6.45, 7) is 2.36. The lowest BCUT2D eigenvalue weighted by Crippen LogP contribution is -2.26. The quantitative estimate of drug-likeness (QED) is 0.672. The van der Waals surface area contributed by atoms with Crippen molar-refractivity contribution in [3.8, 4) is 17.4 Å². The number of imidazole rings is 1. The van der Waals surface area contributed by atoms with Crippen molar-refractivity contribution in [2.45, 2.75) is 19.3 Å². The number of amides is 1. The van der Waals surface area contributed by atoms with Crippen LogP contribution in [0, 0.1) is 6.92 Å². The molecule has 8 nitrogen and oxygen atoms in total. The molecule has 8 heteroatoms. The van der Waals surface area contributed by atoms with Gasteiger partial charge in [0.15, 0.2) is 5.82 Å². The van der Waals surface area contributed by atoms with E-state index >= 15 is 0 Å². The lowest BCUT2D eigenvalue weighted by Gasteiger charge is -2.15. The van der Waals surface area contributed by atoms with Crippen LogP contribution in [-0.2, 0) is 6.42 Å². The van der Waals surface area contributed by atoms with Crippen LogP contribution >= 0.6 is 0 Å². The van der Waals surface area contributed by atoms with Crippen LogP contribution in [-0.4, -0.2) is 44.7 Å². The zero-order chi connectivity index (χ0) is 17.4. The number of aromatic amines is 2. The SMILES string of the molecule is COc1cccc([C@@H]2CNC(=O)c3nc(-c4n[nH]c(C)n4)[nH]c3C2)c1. The van der Waals surface area contributed by atoms with Crippen molar-refractivity contribution in [2.24, 2.45) is 0 Å². The highest BCUT2D eigenvalue weighted by atomic mass is 16.5. The number of ether oxygens (including phenoxy) is 1. The number of nitrogens with zero attached hydrogens (tertiary/aromatic N) is 3. The molecule has 128 valence electrons. The van der Waals surface area contributed by atoms with Crippen LogP contribution in [0.4, 0.5) is 0 Å². The first-order valence-electron chi connectivity index (χ1n) is 8.04. The summed E-state index contributed by atoms with van der Waals surface area (Å²) in [6, 6.07) is 7.90. The molecular formula is C17H18N6O2. The van der Waals surface area contributed by atoms with E-state index in [9.17, 15) is 4.79 Å². The summed E-state index contributed by atoms with van der Waals surface area (Å²) in [6.07, 6.45) is 0.664. The normalized spacial score (nSPS) is 16.9. The van der Waals surface area contributed by atoms with Gasteiger partial charge in [-0.1, -0.05) is 12.1 Å². The molecule has 0 saturated carbocycles. The summed E-state index contributed by atoms with van der Waals surface area (Å²) in [7, 11) is 1.64. The molecule has 1 aliphatic heterocycles. The molecule has 3 heterocycles. The van der Waals surface area contributed by atoms with E-state index in [1.807, 2.05) is 31.2 Å². The third-order valence-electron chi connectivity index (χ3n) is 4.33. The molecule has 0 saturated heterocycles. The van der Waals surface area contributed by atoms with Crippen LogP contribution < -0.4 is 10.1 Å². The fourth-order valence-electron chi connectivity index (χ4n) is 3.05. The number of nitrogens with one attached hydrogen (secondary N) is 3. The van der Waals surface area contributed by atoms with Crippen LogP contribution in [0.2, 0.25) is 0 Å². The number of aryl methyl sites for hydroxylation is 1. The summed E-state index contributed by atoms with van der Waals surface area (Å²) >= 11 is 0. The van der Waals surface area contributed by atoms with Crippen molar-refractivity contribution < 1.29 is 9.53 Å². The Hall–Kier alpha value is -3.16. The van der Waals surface area contributed by atoms with Crippen molar-refractivity contribution in [3.63, 3.8) is 0 Å². The molecule has 0 fully saturated rings. The lowest BCUT2D eigenvalue weighted by atomic mass is 9.94. The molecule has 0 aliphatic carbocycles. The smallest absolute Gasteiger partial charge is 0.271 e. The number of benzene rings is 1. The van der Waals surface area contributed by atoms with Gasteiger partial charge in [-0.3, -0.25) is 9.89 Å². The third-order valence-corrected chi connectivity index (χ3v) is 4.33. The van der Waals surface area contributed by atoms with Gasteiger partial charge in [0.2, 0.25) is 5.82 Å². The number of carbonyl (C=O) groups is 1. The van der Waals surface area contributed by atoms with Gasteiger partial charge in [-0.15, -0.1) is 0 Å². The zero-order valence-corrected chi connectivity index (χ0v) is 14.0. The Kier molecular flexibility index (Phi) is 3.72. The Morgan fingerprint density at radius 1 is 1.28 bits per heavy atom. The van der Waals surface area contributed by atoms with Crippen molar-refractivity contribution in [1.29, 1.82) is 0 Å². The molecule has 0 radical (unpaired) electrons.